The van der Waals surface area contributed by atoms with E-state index in [4.69, 9.17) is 4.74 Å². The third kappa shape index (κ3) is 4.62. The number of thiazole rings is 1. The van der Waals surface area contributed by atoms with Crippen LogP contribution in [0.5, 0.6) is 5.75 Å². The number of nitrogens with zero attached hydrogens (tertiary/aromatic N) is 1. The number of rotatable bonds is 6. The van der Waals surface area contributed by atoms with Gasteiger partial charge >= 0.3 is 0 Å². The first kappa shape index (κ1) is 19.1. The van der Waals surface area contributed by atoms with Crippen LogP contribution in [0.1, 0.15) is 11.1 Å². The maximum atomic E-state index is 13.1. The molecular weight excluding hydrogens is 400 g/mol. The second kappa shape index (κ2) is 8.86. The van der Waals surface area contributed by atoms with E-state index >= 15 is 0 Å². The van der Waals surface area contributed by atoms with E-state index < -0.39 is 0 Å². The fourth-order valence-electron chi connectivity index (χ4n) is 2.80. The monoisotopic (exact) mass is 418 g/mol. The molecule has 0 aliphatic heterocycles. The zero-order valence-electron chi connectivity index (χ0n) is 15.7. The highest BCUT2D eigenvalue weighted by Gasteiger charge is 2.15. The summed E-state index contributed by atoms with van der Waals surface area (Å²) in [6.45, 7) is 0. The van der Waals surface area contributed by atoms with Crippen LogP contribution in [0.15, 0.2) is 77.5 Å². The molecule has 4 nitrogen and oxygen atoms in total. The van der Waals surface area contributed by atoms with Crippen molar-refractivity contribution < 1.29 is 9.53 Å². The molecule has 0 atom stereocenters. The van der Waals surface area contributed by atoms with E-state index in [1.54, 1.807) is 18.4 Å². The van der Waals surface area contributed by atoms with Crippen molar-refractivity contribution in [2.45, 2.75) is 0 Å². The average molecular weight is 419 g/mol. The largest absolute Gasteiger partial charge is 0.497 e. The summed E-state index contributed by atoms with van der Waals surface area (Å²) < 4.78 is 5.21. The summed E-state index contributed by atoms with van der Waals surface area (Å²) in [7, 11) is 1.63. The van der Waals surface area contributed by atoms with Crippen LogP contribution < -0.4 is 10.1 Å². The van der Waals surface area contributed by atoms with Crippen molar-refractivity contribution in [3.63, 3.8) is 0 Å². The molecule has 4 aromatic rings. The number of amides is 1. The van der Waals surface area contributed by atoms with E-state index in [0.717, 1.165) is 27.4 Å². The molecule has 0 aliphatic carbocycles. The number of hydrogen-bond acceptors (Lipinski definition) is 5. The van der Waals surface area contributed by atoms with Gasteiger partial charge in [-0.25, -0.2) is 4.98 Å². The van der Waals surface area contributed by atoms with Crippen LogP contribution in [0, 0.1) is 0 Å². The zero-order chi connectivity index (χ0) is 20.1. The van der Waals surface area contributed by atoms with Crippen molar-refractivity contribution in [3.05, 3.63) is 88.6 Å². The molecule has 0 bridgehead atoms. The summed E-state index contributed by atoms with van der Waals surface area (Å²) >= 11 is 3.05. The minimum Gasteiger partial charge on any atom is -0.497 e. The molecule has 0 spiro atoms. The van der Waals surface area contributed by atoms with E-state index in [-0.39, 0.29) is 5.91 Å². The number of carbonyl (C=O) groups excluding carboxylic acids is 1. The topological polar surface area (TPSA) is 51.2 Å². The van der Waals surface area contributed by atoms with Crippen molar-refractivity contribution in [3.8, 4) is 16.3 Å². The number of benzene rings is 2. The number of carbonyl (C=O) groups is 1. The summed E-state index contributed by atoms with van der Waals surface area (Å²) in [5.74, 6) is 0.579. The Bertz CT molecular complexity index is 1120. The Hall–Kier alpha value is -3.22. The highest BCUT2D eigenvalue weighted by atomic mass is 32.1. The summed E-state index contributed by atoms with van der Waals surface area (Å²) in [5, 5.41) is 7.49. The van der Waals surface area contributed by atoms with Gasteiger partial charge in [-0.3, -0.25) is 10.1 Å². The molecule has 0 saturated heterocycles. The van der Waals surface area contributed by atoms with Gasteiger partial charge < -0.3 is 4.74 Å². The lowest BCUT2D eigenvalue weighted by molar-refractivity contribution is -0.111. The van der Waals surface area contributed by atoms with E-state index in [1.165, 1.54) is 11.3 Å². The first-order valence-corrected chi connectivity index (χ1v) is 10.7. The fraction of sp³-hybridized carbons (Fsp3) is 0.0435. The fourth-order valence-corrected chi connectivity index (χ4v) is 4.26. The highest BCUT2D eigenvalue weighted by Crippen LogP contribution is 2.29. The zero-order valence-corrected chi connectivity index (χ0v) is 17.3. The van der Waals surface area contributed by atoms with Crippen LogP contribution >= 0.6 is 22.7 Å². The Morgan fingerprint density at radius 2 is 1.79 bits per heavy atom. The van der Waals surface area contributed by atoms with Crippen molar-refractivity contribution >= 4 is 45.4 Å². The molecule has 1 N–H and O–H groups in total. The molecule has 2 aromatic carbocycles. The number of methoxy groups -OCH3 is 1. The maximum absolute atomic E-state index is 13.1. The standard InChI is InChI=1S/C23H18N2O2S2/c1-27-18-11-9-16(10-12-18)14-19(17-6-3-2-4-7-17)22(26)25-23-24-20(15-29-23)21-8-5-13-28-21/h2-15H,1H3,(H,24,25,26)/b19-14+. The number of thiophene rings is 1. The number of ether oxygens (including phenoxy) is 1. The van der Waals surface area contributed by atoms with Crippen LogP contribution in [-0.2, 0) is 4.79 Å². The van der Waals surface area contributed by atoms with Crippen molar-refractivity contribution in [2.24, 2.45) is 0 Å². The average Bonchev–Trinajstić information content (AvgIpc) is 3.45. The quantitative estimate of drug-likeness (QED) is 0.306. The van der Waals surface area contributed by atoms with Crippen LogP contribution in [0.2, 0.25) is 0 Å². The molecule has 0 saturated carbocycles. The van der Waals surface area contributed by atoms with Gasteiger partial charge in [0.1, 0.15) is 5.75 Å². The van der Waals surface area contributed by atoms with Gasteiger partial charge in [-0.2, -0.15) is 0 Å². The van der Waals surface area contributed by atoms with Gasteiger partial charge in [0, 0.05) is 11.0 Å². The summed E-state index contributed by atoms with van der Waals surface area (Å²) in [6, 6.07) is 21.2. The molecule has 0 fully saturated rings. The highest BCUT2D eigenvalue weighted by molar-refractivity contribution is 7.16. The molecule has 0 radical (unpaired) electrons. The lowest BCUT2D eigenvalue weighted by atomic mass is 10.0. The SMILES string of the molecule is COc1ccc(/C=C(/C(=O)Nc2nc(-c3cccs3)cs2)c2ccccc2)cc1. The Kier molecular flexibility index (Phi) is 5.84. The van der Waals surface area contributed by atoms with Crippen LogP contribution in [-0.4, -0.2) is 18.0 Å². The first-order valence-electron chi connectivity index (χ1n) is 8.95. The number of hydrogen-bond donors (Lipinski definition) is 1. The van der Waals surface area contributed by atoms with Crippen LogP contribution in [0.25, 0.3) is 22.2 Å². The molecule has 6 heteroatoms. The van der Waals surface area contributed by atoms with E-state index in [0.29, 0.717) is 10.7 Å². The van der Waals surface area contributed by atoms with E-state index in [1.807, 2.05) is 83.6 Å². The summed E-state index contributed by atoms with van der Waals surface area (Å²) in [6.07, 6.45) is 1.87. The number of aromatic nitrogens is 1. The van der Waals surface area contributed by atoms with Crippen molar-refractivity contribution in [1.29, 1.82) is 0 Å². The summed E-state index contributed by atoms with van der Waals surface area (Å²) in [4.78, 5) is 18.7. The molecule has 4 rings (SSSR count). The molecular formula is C23H18N2O2S2. The van der Waals surface area contributed by atoms with Gasteiger partial charge in [-0.1, -0.05) is 48.5 Å². The molecule has 2 aromatic heterocycles. The van der Waals surface area contributed by atoms with Gasteiger partial charge in [-0.05, 0) is 40.8 Å². The third-order valence-electron chi connectivity index (χ3n) is 4.25. The minimum atomic E-state index is -0.195. The van der Waals surface area contributed by atoms with Crippen LogP contribution in [0.3, 0.4) is 0 Å². The smallest absolute Gasteiger partial charge is 0.258 e. The Morgan fingerprint density at radius 1 is 1.00 bits per heavy atom. The third-order valence-corrected chi connectivity index (χ3v) is 5.90. The second-order valence-electron chi connectivity index (χ2n) is 6.17. The normalized spacial score (nSPS) is 11.3. The van der Waals surface area contributed by atoms with Gasteiger partial charge in [0.05, 0.1) is 17.7 Å². The van der Waals surface area contributed by atoms with Gasteiger partial charge in [0.25, 0.3) is 5.91 Å². The molecule has 29 heavy (non-hydrogen) atoms. The predicted octanol–water partition coefficient (Wildman–Crippen LogP) is 6.06. The molecule has 2 heterocycles. The molecule has 1 amide bonds. The molecule has 0 aliphatic rings. The molecule has 0 unspecified atom stereocenters. The predicted molar refractivity (Wildman–Crippen MR) is 121 cm³/mol. The minimum absolute atomic E-state index is 0.195. The number of nitrogens with one attached hydrogen (secondary N) is 1. The Labute approximate surface area is 177 Å². The molecule has 144 valence electrons. The number of anilines is 1. The van der Waals surface area contributed by atoms with E-state index in [2.05, 4.69) is 10.3 Å². The maximum Gasteiger partial charge on any atom is 0.258 e. The lowest BCUT2D eigenvalue weighted by Crippen LogP contribution is -2.13. The first-order chi connectivity index (χ1) is 14.2. The Balaban J connectivity index is 1.62. The van der Waals surface area contributed by atoms with Gasteiger partial charge in [-0.15, -0.1) is 22.7 Å². The van der Waals surface area contributed by atoms with E-state index in [9.17, 15) is 4.79 Å². The van der Waals surface area contributed by atoms with Crippen molar-refractivity contribution in [2.75, 3.05) is 12.4 Å². The second-order valence-corrected chi connectivity index (χ2v) is 7.97. The van der Waals surface area contributed by atoms with Gasteiger partial charge in [0.2, 0.25) is 0 Å². The Morgan fingerprint density at radius 3 is 2.48 bits per heavy atom. The van der Waals surface area contributed by atoms with Gasteiger partial charge in [0.15, 0.2) is 5.13 Å². The van der Waals surface area contributed by atoms with Crippen molar-refractivity contribution in [1.82, 2.24) is 4.98 Å². The van der Waals surface area contributed by atoms with Crippen LogP contribution in [0.4, 0.5) is 5.13 Å². The summed E-state index contributed by atoms with van der Waals surface area (Å²) in [5.41, 5.74) is 3.21. The lowest BCUT2D eigenvalue weighted by Gasteiger charge is -2.08.